The van der Waals surface area contributed by atoms with Crippen molar-refractivity contribution in [2.75, 3.05) is 27.3 Å². The Morgan fingerprint density at radius 2 is 1.74 bits per heavy atom. The van der Waals surface area contributed by atoms with Crippen molar-refractivity contribution in [2.45, 2.75) is 24.7 Å². The maximum atomic E-state index is 12.9. The highest BCUT2D eigenvalue weighted by atomic mass is 19.1. The topological polar surface area (TPSA) is 59.6 Å². The molecule has 5 nitrogen and oxygen atoms in total. The zero-order chi connectivity index (χ0) is 19.3. The summed E-state index contributed by atoms with van der Waals surface area (Å²) >= 11 is 0. The lowest BCUT2D eigenvalue weighted by Gasteiger charge is -2.19. The van der Waals surface area contributed by atoms with E-state index in [1.165, 1.54) is 12.1 Å². The number of nitrogens with one attached hydrogen (secondary N) is 2. The minimum atomic E-state index is -0.255. The Morgan fingerprint density at radius 1 is 1.04 bits per heavy atom. The first-order valence-electron chi connectivity index (χ1n) is 9.05. The van der Waals surface area contributed by atoms with Gasteiger partial charge in [-0.2, -0.15) is 0 Å². The molecule has 0 bridgehead atoms. The van der Waals surface area contributed by atoms with Gasteiger partial charge in [0, 0.05) is 18.5 Å². The van der Waals surface area contributed by atoms with Gasteiger partial charge in [-0.25, -0.2) is 9.18 Å². The number of hydrogen-bond donors (Lipinski definition) is 2. The van der Waals surface area contributed by atoms with Gasteiger partial charge in [-0.15, -0.1) is 0 Å². The van der Waals surface area contributed by atoms with Crippen molar-refractivity contribution in [1.29, 1.82) is 0 Å². The molecule has 0 aromatic heterocycles. The molecule has 2 aromatic carbocycles. The molecule has 0 unspecified atom stereocenters. The lowest BCUT2D eigenvalue weighted by atomic mass is 9.95. The standard InChI is InChI=1S/C21H25FN2O3/c1-26-18-8-5-16(13-19(18)27-2)21(10-11-21)14-24-20(25)23-12-9-15-3-6-17(22)7-4-15/h3-8,13H,9-12,14H2,1-2H3,(H2,23,24,25). The van der Waals surface area contributed by atoms with Crippen LogP contribution in [-0.2, 0) is 11.8 Å². The van der Waals surface area contributed by atoms with E-state index < -0.39 is 0 Å². The normalized spacial score (nSPS) is 14.3. The van der Waals surface area contributed by atoms with Crippen molar-refractivity contribution < 1.29 is 18.7 Å². The fraction of sp³-hybridized carbons (Fsp3) is 0.381. The van der Waals surface area contributed by atoms with Gasteiger partial charge < -0.3 is 20.1 Å². The molecule has 144 valence electrons. The highest BCUT2D eigenvalue weighted by Crippen LogP contribution is 2.49. The molecule has 2 aromatic rings. The maximum Gasteiger partial charge on any atom is 0.314 e. The molecule has 2 amide bonds. The molecule has 1 aliphatic rings. The molecule has 0 atom stereocenters. The summed E-state index contributed by atoms with van der Waals surface area (Å²) in [5, 5.41) is 5.81. The molecule has 3 rings (SSSR count). The Labute approximate surface area is 158 Å². The van der Waals surface area contributed by atoms with Gasteiger partial charge in [-0.05, 0) is 54.7 Å². The van der Waals surface area contributed by atoms with Gasteiger partial charge in [0.05, 0.1) is 14.2 Å². The molecule has 0 aliphatic heterocycles. The summed E-state index contributed by atoms with van der Waals surface area (Å²) < 4.78 is 23.6. The van der Waals surface area contributed by atoms with E-state index >= 15 is 0 Å². The van der Waals surface area contributed by atoms with Crippen LogP contribution in [0.4, 0.5) is 9.18 Å². The molecule has 2 N–H and O–H groups in total. The molecule has 0 saturated heterocycles. The molecule has 0 spiro atoms. The van der Waals surface area contributed by atoms with E-state index in [9.17, 15) is 9.18 Å². The molecular formula is C21H25FN2O3. The van der Waals surface area contributed by atoms with Crippen molar-refractivity contribution in [2.24, 2.45) is 0 Å². The Hall–Kier alpha value is -2.76. The summed E-state index contributed by atoms with van der Waals surface area (Å²) in [6.07, 6.45) is 2.71. The van der Waals surface area contributed by atoms with E-state index in [1.54, 1.807) is 26.4 Å². The summed E-state index contributed by atoms with van der Waals surface area (Å²) in [6, 6.07) is 12.0. The van der Waals surface area contributed by atoms with E-state index in [-0.39, 0.29) is 17.3 Å². The molecule has 27 heavy (non-hydrogen) atoms. The summed E-state index contributed by atoms with van der Waals surface area (Å²) in [5.74, 6) is 1.14. The van der Waals surface area contributed by atoms with Crippen LogP contribution in [0.3, 0.4) is 0 Å². The smallest absolute Gasteiger partial charge is 0.314 e. The van der Waals surface area contributed by atoms with E-state index in [2.05, 4.69) is 10.6 Å². The number of hydrogen-bond acceptors (Lipinski definition) is 3. The van der Waals surface area contributed by atoms with Gasteiger partial charge in [0.25, 0.3) is 0 Å². The van der Waals surface area contributed by atoms with Crippen LogP contribution in [0.25, 0.3) is 0 Å². The van der Waals surface area contributed by atoms with E-state index in [4.69, 9.17) is 9.47 Å². The van der Waals surface area contributed by atoms with Crippen LogP contribution in [0.1, 0.15) is 24.0 Å². The van der Waals surface area contributed by atoms with Crippen LogP contribution in [0, 0.1) is 5.82 Å². The van der Waals surface area contributed by atoms with Gasteiger partial charge >= 0.3 is 6.03 Å². The molecule has 0 heterocycles. The van der Waals surface area contributed by atoms with Crippen molar-refractivity contribution in [1.82, 2.24) is 10.6 Å². The first kappa shape index (κ1) is 19.0. The van der Waals surface area contributed by atoms with Gasteiger partial charge in [0.1, 0.15) is 5.82 Å². The number of carbonyl (C=O) groups excluding carboxylic acids is 1. The average Bonchev–Trinajstić information content (AvgIpc) is 3.48. The van der Waals surface area contributed by atoms with Crippen LogP contribution in [-0.4, -0.2) is 33.3 Å². The van der Waals surface area contributed by atoms with Crippen LogP contribution in [0.15, 0.2) is 42.5 Å². The number of benzene rings is 2. The molecular weight excluding hydrogens is 347 g/mol. The number of amides is 2. The first-order valence-corrected chi connectivity index (χ1v) is 9.05. The molecule has 6 heteroatoms. The van der Waals surface area contributed by atoms with Crippen LogP contribution < -0.4 is 20.1 Å². The minimum Gasteiger partial charge on any atom is -0.493 e. The highest BCUT2D eigenvalue weighted by Gasteiger charge is 2.44. The second-order valence-corrected chi connectivity index (χ2v) is 6.84. The molecule has 1 fully saturated rings. The van der Waals surface area contributed by atoms with Crippen LogP contribution >= 0.6 is 0 Å². The lowest BCUT2D eigenvalue weighted by Crippen LogP contribution is -2.40. The van der Waals surface area contributed by atoms with Crippen LogP contribution in [0.2, 0.25) is 0 Å². The number of rotatable bonds is 8. The van der Waals surface area contributed by atoms with Crippen molar-refractivity contribution in [3.63, 3.8) is 0 Å². The fourth-order valence-corrected chi connectivity index (χ4v) is 3.17. The first-order chi connectivity index (χ1) is 13.1. The fourth-order valence-electron chi connectivity index (χ4n) is 3.17. The molecule has 1 saturated carbocycles. The van der Waals surface area contributed by atoms with Gasteiger partial charge in [0.15, 0.2) is 11.5 Å². The Balaban J connectivity index is 1.49. The monoisotopic (exact) mass is 372 g/mol. The van der Waals surface area contributed by atoms with Crippen molar-refractivity contribution >= 4 is 6.03 Å². The van der Waals surface area contributed by atoms with E-state index in [0.717, 1.165) is 24.0 Å². The van der Waals surface area contributed by atoms with Gasteiger partial charge in [-0.3, -0.25) is 0 Å². The summed E-state index contributed by atoms with van der Waals surface area (Å²) in [6.45, 7) is 1.08. The van der Waals surface area contributed by atoms with Crippen molar-refractivity contribution in [3.05, 3.63) is 59.4 Å². The zero-order valence-electron chi connectivity index (χ0n) is 15.7. The predicted octanol–water partition coefficient (Wildman–Crippen LogP) is 3.42. The number of halogens is 1. The minimum absolute atomic E-state index is 0.0339. The largest absolute Gasteiger partial charge is 0.493 e. The summed E-state index contributed by atoms with van der Waals surface area (Å²) in [4.78, 5) is 12.1. The quantitative estimate of drug-likeness (QED) is 0.747. The zero-order valence-corrected chi connectivity index (χ0v) is 15.7. The third kappa shape index (κ3) is 4.70. The van der Waals surface area contributed by atoms with Gasteiger partial charge in [-0.1, -0.05) is 18.2 Å². The lowest BCUT2D eigenvalue weighted by molar-refractivity contribution is 0.240. The molecule has 1 aliphatic carbocycles. The number of urea groups is 1. The number of ether oxygens (including phenoxy) is 2. The summed E-state index contributed by atoms with van der Waals surface area (Å²) in [7, 11) is 3.23. The Bertz CT molecular complexity index is 789. The SMILES string of the molecule is COc1ccc(C2(CNC(=O)NCCc3ccc(F)cc3)CC2)cc1OC. The Morgan fingerprint density at radius 3 is 2.37 bits per heavy atom. The molecule has 0 radical (unpaired) electrons. The van der Waals surface area contributed by atoms with E-state index in [1.807, 2.05) is 18.2 Å². The third-order valence-corrected chi connectivity index (χ3v) is 5.05. The number of methoxy groups -OCH3 is 2. The second kappa shape index (κ2) is 8.29. The van der Waals surface area contributed by atoms with E-state index in [0.29, 0.717) is 31.0 Å². The third-order valence-electron chi connectivity index (χ3n) is 5.05. The summed E-state index contributed by atoms with van der Waals surface area (Å²) in [5.41, 5.74) is 2.10. The maximum absolute atomic E-state index is 12.9. The van der Waals surface area contributed by atoms with Crippen LogP contribution in [0.5, 0.6) is 11.5 Å². The second-order valence-electron chi connectivity index (χ2n) is 6.84. The van der Waals surface area contributed by atoms with Gasteiger partial charge in [0.2, 0.25) is 0 Å². The average molecular weight is 372 g/mol. The van der Waals surface area contributed by atoms with Crippen molar-refractivity contribution in [3.8, 4) is 11.5 Å². The number of carbonyl (C=O) groups is 1. The highest BCUT2D eigenvalue weighted by molar-refractivity contribution is 5.74. The predicted molar refractivity (Wildman–Crippen MR) is 102 cm³/mol. The Kier molecular flexibility index (Phi) is 5.84.